The zero-order chi connectivity index (χ0) is 9.26. The average Bonchev–Trinajstić information content (AvgIpc) is 2.59. The van der Waals surface area contributed by atoms with E-state index in [1.54, 1.807) is 6.07 Å². The molecule has 0 saturated carbocycles. The third kappa shape index (κ3) is 1.60. The molecule has 0 saturated heterocycles. The normalized spacial score (nSPS) is 11.5. The summed E-state index contributed by atoms with van der Waals surface area (Å²) in [6, 6.07) is 5.58. The lowest BCUT2D eigenvalue weighted by molar-refractivity contribution is 0.112. The summed E-state index contributed by atoms with van der Waals surface area (Å²) in [5.41, 5.74) is 1.72. The molecule has 0 N–H and O–H groups in total. The number of nitrogens with zero attached hydrogens (tertiary/aromatic N) is 2. The van der Waals surface area contributed by atoms with Crippen molar-refractivity contribution in [3.63, 3.8) is 0 Å². The Bertz CT molecular complexity index is 454. The standard InChI is InChI=1S/C8H6IN2OP/c9-13-11-8-3-6(5-12)1-2-7(8)4-10-11/h1-5,13H. The first-order valence-corrected chi connectivity index (χ1v) is 7.71. The van der Waals surface area contributed by atoms with E-state index in [0.717, 1.165) is 17.2 Å². The highest BCUT2D eigenvalue weighted by molar-refractivity contribution is 14.2. The molecule has 0 aliphatic heterocycles. The summed E-state index contributed by atoms with van der Waals surface area (Å²) in [5, 5.41) is 5.27. The summed E-state index contributed by atoms with van der Waals surface area (Å²) in [6.07, 6.45) is 3.23. The molecule has 0 aliphatic rings. The number of hydrogen-bond acceptors (Lipinski definition) is 2. The maximum atomic E-state index is 10.5. The second kappa shape index (κ2) is 3.72. The molecule has 1 heterocycles. The van der Waals surface area contributed by atoms with E-state index >= 15 is 0 Å². The van der Waals surface area contributed by atoms with Gasteiger partial charge in [0.1, 0.15) is 6.29 Å². The number of benzene rings is 1. The Morgan fingerprint density at radius 2 is 2.38 bits per heavy atom. The number of carbonyl (C=O) groups excluding carboxylic acids is 1. The average molecular weight is 304 g/mol. The molecule has 0 amide bonds. The van der Waals surface area contributed by atoms with E-state index in [9.17, 15) is 4.79 Å². The van der Waals surface area contributed by atoms with E-state index < -0.39 is 0 Å². The number of carbonyl (C=O) groups is 1. The quantitative estimate of drug-likeness (QED) is 0.486. The van der Waals surface area contributed by atoms with Crippen LogP contribution in [-0.4, -0.2) is 15.8 Å². The van der Waals surface area contributed by atoms with Gasteiger partial charge in [-0.15, -0.1) is 0 Å². The van der Waals surface area contributed by atoms with Gasteiger partial charge in [0, 0.05) is 10.9 Å². The molecule has 0 fully saturated rings. The van der Waals surface area contributed by atoms with E-state index in [2.05, 4.69) is 27.1 Å². The van der Waals surface area contributed by atoms with Crippen LogP contribution in [-0.2, 0) is 0 Å². The molecule has 1 unspecified atom stereocenters. The van der Waals surface area contributed by atoms with Gasteiger partial charge < -0.3 is 0 Å². The van der Waals surface area contributed by atoms with Gasteiger partial charge in [-0.3, -0.25) is 4.79 Å². The molecular weight excluding hydrogens is 298 g/mol. The van der Waals surface area contributed by atoms with Crippen molar-refractivity contribution in [3.8, 4) is 0 Å². The van der Waals surface area contributed by atoms with Crippen molar-refractivity contribution in [1.29, 1.82) is 0 Å². The summed E-state index contributed by atoms with van der Waals surface area (Å²) in [4.78, 5) is 10.5. The molecule has 0 aliphatic carbocycles. The number of rotatable bonds is 2. The van der Waals surface area contributed by atoms with Gasteiger partial charge in [0.2, 0.25) is 0 Å². The van der Waals surface area contributed by atoms with Gasteiger partial charge in [-0.1, -0.05) is 12.1 Å². The zero-order valence-electron chi connectivity index (χ0n) is 6.57. The fourth-order valence-corrected chi connectivity index (χ4v) is 2.72. The van der Waals surface area contributed by atoms with Crippen molar-refractivity contribution >= 4 is 45.6 Å². The van der Waals surface area contributed by atoms with Gasteiger partial charge in [0.25, 0.3) is 0 Å². The first-order valence-electron chi connectivity index (χ1n) is 3.65. The minimum atomic E-state index is 0.566. The molecule has 2 rings (SSSR count). The van der Waals surface area contributed by atoms with Gasteiger partial charge in [-0.2, -0.15) is 5.10 Å². The molecule has 66 valence electrons. The van der Waals surface area contributed by atoms with E-state index in [1.807, 2.05) is 22.8 Å². The lowest BCUT2D eigenvalue weighted by Crippen LogP contribution is -1.84. The second-order valence-electron chi connectivity index (χ2n) is 2.58. The van der Waals surface area contributed by atoms with Crippen molar-refractivity contribution in [2.24, 2.45) is 0 Å². The van der Waals surface area contributed by atoms with Crippen LogP contribution in [0.15, 0.2) is 24.4 Å². The highest BCUT2D eigenvalue weighted by Gasteiger charge is 2.01. The molecule has 1 aromatic carbocycles. The molecule has 13 heavy (non-hydrogen) atoms. The van der Waals surface area contributed by atoms with Crippen LogP contribution in [0.25, 0.3) is 10.9 Å². The first kappa shape index (κ1) is 9.09. The number of aldehydes is 1. The Hall–Kier alpha value is -0.480. The van der Waals surface area contributed by atoms with Crippen molar-refractivity contribution < 1.29 is 4.79 Å². The van der Waals surface area contributed by atoms with Gasteiger partial charge in [0.15, 0.2) is 0 Å². The van der Waals surface area contributed by atoms with Crippen molar-refractivity contribution in [1.82, 2.24) is 9.55 Å². The number of fused-ring (bicyclic) bond motifs is 1. The summed E-state index contributed by atoms with van der Waals surface area (Å²) >= 11 is 2.26. The highest BCUT2D eigenvalue weighted by Crippen LogP contribution is 2.28. The molecule has 0 radical (unpaired) electrons. The highest BCUT2D eigenvalue weighted by atomic mass is 127. The van der Waals surface area contributed by atoms with Gasteiger partial charge in [-0.05, 0) is 28.1 Å². The Balaban J connectivity index is 2.71. The summed E-state index contributed by atoms with van der Waals surface area (Å²) in [7, 11) is 0. The third-order valence-electron chi connectivity index (χ3n) is 1.81. The number of halogens is 1. The van der Waals surface area contributed by atoms with Crippen LogP contribution in [0.5, 0.6) is 0 Å². The lowest BCUT2D eigenvalue weighted by Gasteiger charge is -1.96. The minimum absolute atomic E-state index is 0.566. The number of hydrogen-bond donors (Lipinski definition) is 0. The zero-order valence-corrected chi connectivity index (χ0v) is 9.72. The van der Waals surface area contributed by atoms with Crippen molar-refractivity contribution in [3.05, 3.63) is 30.0 Å². The van der Waals surface area contributed by atoms with Crippen LogP contribution in [0, 0.1) is 0 Å². The van der Waals surface area contributed by atoms with Crippen molar-refractivity contribution in [2.45, 2.75) is 0 Å². The molecule has 3 nitrogen and oxygen atoms in total. The van der Waals surface area contributed by atoms with Gasteiger partial charge in [-0.25, -0.2) is 4.45 Å². The monoisotopic (exact) mass is 304 g/mol. The minimum Gasteiger partial charge on any atom is -0.298 e. The third-order valence-corrected chi connectivity index (χ3v) is 3.70. The Morgan fingerprint density at radius 3 is 3.08 bits per heavy atom. The van der Waals surface area contributed by atoms with Crippen LogP contribution in [0.2, 0.25) is 0 Å². The van der Waals surface area contributed by atoms with Gasteiger partial charge in [0.05, 0.1) is 18.1 Å². The van der Waals surface area contributed by atoms with E-state index in [-0.39, 0.29) is 0 Å². The van der Waals surface area contributed by atoms with Gasteiger partial charge >= 0.3 is 0 Å². The largest absolute Gasteiger partial charge is 0.298 e. The molecule has 0 spiro atoms. The fourth-order valence-electron chi connectivity index (χ4n) is 1.18. The van der Waals surface area contributed by atoms with Crippen LogP contribution < -0.4 is 0 Å². The lowest BCUT2D eigenvalue weighted by atomic mass is 10.2. The molecule has 5 heteroatoms. The molecule has 0 bridgehead atoms. The van der Waals surface area contributed by atoms with Crippen molar-refractivity contribution in [2.75, 3.05) is 0 Å². The maximum absolute atomic E-state index is 10.5. The Kier molecular flexibility index (Phi) is 2.60. The molecule has 1 aromatic heterocycles. The molecule has 2 aromatic rings. The van der Waals surface area contributed by atoms with E-state index in [1.165, 1.54) is 0 Å². The smallest absolute Gasteiger partial charge is 0.150 e. The summed E-state index contributed by atoms with van der Waals surface area (Å²) in [6.45, 7) is 0. The van der Waals surface area contributed by atoms with E-state index in [0.29, 0.717) is 11.9 Å². The Morgan fingerprint density at radius 1 is 1.54 bits per heavy atom. The van der Waals surface area contributed by atoms with Crippen LogP contribution >= 0.6 is 28.4 Å². The fraction of sp³-hybridized carbons (Fsp3) is 0. The first-order chi connectivity index (χ1) is 6.35. The predicted molar refractivity (Wildman–Crippen MR) is 62.9 cm³/mol. The number of aromatic nitrogens is 2. The van der Waals surface area contributed by atoms with Crippen LogP contribution in [0.4, 0.5) is 0 Å². The van der Waals surface area contributed by atoms with E-state index in [4.69, 9.17) is 0 Å². The second-order valence-corrected chi connectivity index (χ2v) is 4.62. The SMILES string of the molecule is O=Cc1ccc2cnn(PI)c2c1. The summed E-state index contributed by atoms with van der Waals surface area (Å²) in [5.74, 6) is 0. The van der Waals surface area contributed by atoms with Crippen LogP contribution in [0.3, 0.4) is 0 Å². The summed E-state index contributed by atoms with van der Waals surface area (Å²) < 4.78 is 1.89. The Labute approximate surface area is 89.8 Å². The predicted octanol–water partition coefficient (Wildman–Crippen LogP) is 2.64. The maximum Gasteiger partial charge on any atom is 0.150 e. The molecule has 1 atom stereocenters. The molecular formula is C8H6IN2OP. The van der Waals surface area contributed by atoms with Crippen LogP contribution in [0.1, 0.15) is 10.4 Å². The topological polar surface area (TPSA) is 34.9 Å².